The molecule has 0 spiro atoms. The van der Waals surface area contributed by atoms with Gasteiger partial charge < -0.3 is 9.73 Å². The van der Waals surface area contributed by atoms with Crippen molar-refractivity contribution in [3.8, 4) is 0 Å². The number of nitrogens with one attached hydrogen (secondary N) is 2. The van der Waals surface area contributed by atoms with E-state index in [0.717, 1.165) is 28.5 Å². The summed E-state index contributed by atoms with van der Waals surface area (Å²) in [4.78, 5) is 12.3. The first kappa shape index (κ1) is 14.5. The molecule has 0 aliphatic carbocycles. The Morgan fingerprint density at radius 3 is 3.10 bits per heavy atom. The average Bonchev–Trinajstić information content (AvgIpc) is 3.12. The summed E-state index contributed by atoms with van der Waals surface area (Å²) >= 11 is 2.16. The second kappa shape index (κ2) is 6.10. The van der Waals surface area contributed by atoms with Crippen molar-refractivity contribution in [1.29, 1.82) is 0 Å². The molecule has 0 radical (unpaired) electrons. The zero-order valence-electron chi connectivity index (χ0n) is 11.5. The zero-order chi connectivity index (χ0) is 14.8. The van der Waals surface area contributed by atoms with Gasteiger partial charge in [0.2, 0.25) is 5.89 Å². The van der Waals surface area contributed by atoms with E-state index < -0.39 is 0 Å². The van der Waals surface area contributed by atoms with Crippen molar-refractivity contribution in [3.05, 3.63) is 38.8 Å². The number of anilines is 1. The van der Waals surface area contributed by atoms with Crippen molar-refractivity contribution in [1.82, 2.24) is 15.5 Å². The van der Waals surface area contributed by atoms with Gasteiger partial charge in [-0.3, -0.25) is 10.1 Å². The van der Waals surface area contributed by atoms with E-state index >= 15 is 0 Å². The van der Waals surface area contributed by atoms with Gasteiger partial charge in [0.15, 0.2) is 0 Å². The molecule has 2 aromatic rings. The largest absolute Gasteiger partial charge is 0.406 e. The molecule has 1 fully saturated rings. The molecule has 1 unspecified atom stereocenters. The fourth-order valence-corrected chi connectivity index (χ4v) is 2.91. The second-order valence-electron chi connectivity index (χ2n) is 4.98. The van der Waals surface area contributed by atoms with Gasteiger partial charge in [-0.05, 0) is 60.5 Å². The summed E-state index contributed by atoms with van der Waals surface area (Å²) in [6.45, 7) is 2.92. The van der Waals surface area contributed by atoms with E-state index in [4.69, 9.17) is 4.42 Å². The number of halogens is 1. The highest BCUT2D eigenvalue weighted by Gasteiger charge is 2.23. The molecule has 1 saturated heterocycles. The SMILES string of the molecule is Cc1cccc(C(=O)Nc2nnc(C3CCCN3)o2)c1I. The maximum Gasteiger partial charge on any atom is 0.322 e. The van der Waals surface area contributed by atoms with Crippen LogP contribution in [0.2, 0.25) is 0 Å². The van der Waals surface area contributed by atoms with Crippen LogP contribution in [-0.2, 0) is 0 Å². The standard InChI is InChI=1S/C14H15IN4O2/c1-8-4-2-5-9(11(8)15)12(20)17-14-19-18-13(21-14)10-6-3-7-16-10/h2,4-5,10,16H,3,6-7H2,1H3,(H,17,19,20). The summed E-state index contributed by atoms with van der Waals surface area (Å²) in [5, 5.41) is 13.8. The van der Waals surface area contributed by atoms with Crippen LogP contribution in [0, 0.1) is 10.5 Å². The van der Waals surface area contributed by atoms with Crippen molar-refractivity contribution in [2.45, 2.75) is 25.8 Å². The molecule has 0 saturated carbocycles. The molecule has 2 N–H and O–H groups in total. The molecule has 3 rings (SSSR count). The van der Waals surface area contributed by atoms with Crippen molar-refractivity contribution >= 4 is 34.5 Å². The molecule has 2 heterocycles. The lowest BCUT2D eigenvalue weighted by Gasteiger charge is -2.06. The molecule has 21 heavy (non-hydrogen) atoms. The Balaban J connectivity index is 1.74. The Kier molecular flexibility index (Phi) is 4.20. The van der Waals surface area contributed by atoms with E-state index in [-0.39, 0.29) is 18.0 Å². The Morgan fingerprint density at radius 2 is 2.33 bits per heavy atom. The maximum absolute atomic E-state index is 12.3. The normalized spacial score (nSPS) is 17.9. The molecule has 1 atom stereocenters. The van der Waals surface area contributed by atoms with Crippen LogP contribution in [0.15, 0.2) is 22.6 Å². The van der Waals surface area contributed by atoms with Crippen LogP contribution in [0.3, 0.4) is 0 Å². The molecule has 6 nitrogen and oxygen atoms in total. The zero-order valence-corrected chi connectivity index (χ0v) is 13.7. The lowest BCUT2D eigenvalue weighted by molar-refractivity contribution is 0.102. The minimum absolute atomic E-state index is 0.0993. The summed E-state index contributed by atoms with van der Waals surface area (Å²) < 4.78 is 6.43. The maximum atomic E-state index is 12.3. The van der Waals surface area contributed by atoms with Gasteiger partial charge in [0.1, 0.15) is 0 Å². The first-order valence-electron chi connectivity index (χ1n) is 6.78. The Hall–Kier alpha value is -1.48. The Labute approximate surface area is 135 Å². The highest BCUT2D eigenvalue weighted by atomic mass is 127. The third-order valence-corrected chi connectivity index (χ3v) is 4.89. The van der Waals surface area contributed by atoms with Crippen LogP contribution in [0.5, 0.6) is 0 Å². The Bertz CT molecular complexity index is 665. The van der Waals surface area contributed by atoms with E-state index in [1.54, 1.807) is 6.07 Å². The average molecular weight is 398 g/mol. The van der Waals surface area contributed by atoms with Gasteiger partial charge in [-0.25, -0.2) is 0 Å². The van der Waals surface area contributed by atoms with E-state index in [9.17, 15) is 4.79 Å². The summed E-state index contributed by atoms with van der Waals surface area (Å²) in [6.07, 6.45) is 2.07. The molecule has 0 bridgehead atoms. The Morgan fingerprint density at radius 1 is 1.48 bits per heavy atom. The van der Waals surface area contributed by atoms with Crippen LogP contribution in [0.4, 0.5) is 6.01 Å². The molecule has 1 aliphatic heterocycles. The van der Waals surface area contributed by atoms with Gasteiger partial charge in [0.05, 0.1) is 11.6 Å². The fraction of sp³-hybridized carbons (Fsp3) is 0.357. The van der Waals surface area contributed by atoms with Crippen molar-refractivity contribution in [2.24, 2.45) is 0 Å². The van der Waals surface area contributed by atoms with E-state index in [2.05, 4.69) is 43.4 Å². The monoisotopic (exact) mass is 398 g/mol. The number of hydrogen-bond donors (Lipinski definition) is 2. The topological polar surface area (TPSA) is 80.0 Å². The first-order chi connectivity index (χ1) is 10.1. The van der Waals surface area contributed by atoms with E-state index in [1.165, 1.54) is 0 Å². The number of aromatic nitrogens is 2. The number of rotatable bonds is 3. The first-order valence-corrected chi connectivity index (χ1v) is 7.86. The predicted octanol–water partition coefficient (Wildman–Crippen LogP) is 2.66. The molecule has 110 valence electrons. The van der Waals surface area contributed by atoms with Crippen molar-refractivity contribution in [3.63, 3.8) is 0 Å². The number of aryl methyl sites for hydroxylation is 1. The van der Waals surface area contributed by atoms with Gasteiger partial charge in [0, 0.05) is 3.57 Å². The van der Waals surface area contributed by atoms with Crippen molar-refractivity contribution in [2.75, 3.05) is 11.9 Å². The third-order valence-electron chi connectivity index (χ3n) is 3.46. The lowest BCUT2D eigenvalue weighted by Crippen LogP contribution is -2.14. The predicted molar refractivity (Wildman–Crippen MR) is 86.1 cm³/mol. The molecule has 1 aromatic heterocycles. The van der Waals surface area contributed by atoms with E-state index in [1.807, 2.05) is 19.1 Å². The molecule has 1 amide bonds. The van der Waals surface area contributed by atoms with Crippen LogP contribution >= 0.6 is 22.6 Å². The lowest BCUT2D eigenvalue weighted by atomic mass is 10.1. The van der Waals surface area contributed by atoms with E-state index in [0.29, 0.717) is 11.5 Å². The van der Waals surface area contributed by atoms with Gasteiger partial charge in [-0.15, -0.1) is 5.10 Å². The number of hydrogen-bond acceptors (Lipinski definition) is 5. The van der Waals surface area contributed by atoms with Gasteiger partial charge in [-0.2, -0.15) is 0 Å². The highest BCUT2D eigenvalue weighted by molar-refractivity contribution is 14.1. The minimum atomic E-state index is -0.238. The molecular formula is C14H15IN4O2. The second-order valence-corrected chi connectivity index (χ2v) is 6.06. The minimum Gasteiger partial charge on any atom is -0.406 e. The van der Waals surface area contributed by atoms with Gasteiger partial charge in [-0.1, -0.05) is 17.2 Å². The van der Waals surface area contributed by atoms with Gasteiger partial charge >= 0.3 is 6.01 Å². The summed E-state index contributed by atoms with van der Waals surface area (Å²) in [5.74, 6) is 0.291. The molecule has 1 aromatic carbocycles. The molecular weight excluding hydrogens is 383 g/mol. The number of carbonyl (C=O) groups is 1. The number of amides is 1. The summed E-state index contributed by atoms with van der Waals surface area (Å²) in [7, 11) is 0. The van der Waals surface area contributed by atoms with Crippen LogP contribution < -0.4 is 10.6 Å². The fourth-order valence-electron chi connectivity index (χ4n) is 2.31. The highest BCUT2D eigenvalue weighted by Crippen LogP contribution is 2.23. The number of carbonyl (C=O) groups excluding carboxylic acids is 1. The quantitative estimate of drug-likeness (QED) is 0.778. The number of nitrogens with zero attached hydrogens (tertiary/aromatic N) is 2. The third kappa shape index (κ3) is 3.08. The molecule has 7 heteroatoms. The summed E-state index contributed by atoms with van der Waals surface area (Å²) in [5.41, 5.74) is 1.67. The summed E-state index contributed by atoms with van der Waals surface area (Å²) in [6, 6.07) is 5.84. The molecule has 1 aliphatic rings. The van der Waals surface area contributed by atoms with Crippen LogP contribution in [0.25, 0.3) is 0 Å². The van der Waals surface area contributed by atoms with Gasteiger partial charge in [0.25, 0.3) is 5.91 Å². The smallest absolute Gasteiger partial charge is 0.322 e. The number of benzene rings is 1. The van der Waals surface area contributed by atoms with Crippen LogP contribution in [-0.4, -0.2) is 22.6 Å². The van der Waals surface area contributed by atoms with Crippen LogP contribution in [0.1, 0.15) is 40.7 Å². The van der Waals surface area contributed by atoms with Crippen molar-refractivity contribution < 1.29 is 9.21 Å².